The third-order valence-electron chi connectivity index (χ3n) is 18.2. The molecule has 348 valence electrons. The molecule has 16 nitrogen and oxygen atoms in total. The van der Waals surface area contributed by atoms with Crippen molar-refractivity contribution in [1.29, 1.82) is 0 Å². The molecule has 5 aliphatic carbocycles. The summed E-state index contributed by atoms with van der Waals surface area (Å²) in [5.41, 5.74) is -3.44. The Hall–Kier alpha value is -1.54. The van der Waals surface area contributed by atoms with Gasteiger partial charge in [-0.05, 0) is 117 Å². The van der Waals surface area contributed by atoms with Crippen molar-refractivity contribution in [1.82, 2.24) is 0 Å². The number of carbonyl (C=O) groups excluding carboxylic acids is 2. The highest BCUT2D eigenvalue weighted by atomic mass is 16.7. The standard InChI is InChI=1S/C45H72O16/c1-21(47)56-26-19-55-38(34(31(26)51)57-22(2)48)60-28-11-13-45-20-44(45)15-14-41(7)35(43(9)12-10-29(61-43)40(5,6)54)23(49)17-42(41,8)27(44)16-24(36(45)39(28,3)4)58-37-33(53)32(52)30(50)25(18-46)59-37/h23-38,46,49-54H,10-20H2,1-9H3/t23-,24-,25+,26-,27-,28-,29-,30+,31+,32-,33+,34-,35-,36-,37+,38+,41+,42-,43+,44-,45+/m0/s1. The van der Waals surface area contributed by atoms with Gasteiger partial charge in [0.05, 0.1) is 48.8 Å². The summed E-state index contributed by atoms with van der Waals surface area (Å²) in [4.78, 5) is 24.1. The van der Waals surface area contributed by atoms with Crippen LogP contribution in [0.3, 0.4) is 0 Å². The first kappa shape index (κ1) is 46.0. The van der Waals surface area contributed by atoms with Gasteiger partial charge < -0.3 is 68.9 Å². The van der Waals surface area contributed by atoms with Crippen molar-refractivity contribution in [2.24, 2.45) is 44.8 Å². The molecule has 0 radical (unpaired) electrons. The van der Waals surface area contributed by atoms with Crippen molar-refractivity contribution in [3.63, 3.8) is 0 Å². The molecule has 3 aliphatic heterocycles. The Kier molecular flexibility index (Phi) is 11.5. The van der Waals surface area contributed by atoms with Gasteiger partial charge in [-0.3, -0.25) is 9.59 Å². The highest BCUT2D eigenvalue weighted by molar-refractivity contribution is 5.67. The van der Waals surface area contributed by atoms with Crippen LogP contribution in [0.2, 0.25) is 0 Å². The fourth-order valence-corrected chi connectivity index (χ4v) is 15.5. The number of ether oxygens (including phenoxy) is 7. The number of hydrogen-bond acceptors (Lipinski definition) is 16. The largest absolute Gasteiger partial charge is 0.457 e. The second kappa shape index (κ2) is 15.3. The smallest absolute Gasteiger partial charge is 0.303 e. The van der Waals surface area contributed by atoms with Gasteiger partial charge in [0.1, 0.15) is 30.5 Å². The van der Waals surface area contributed by atoms with Crippen LogP contribution in [0.25, 0.3) is 0 Å². The van der Waals surface area contributed by atoms with E-state index in [-0.39, 0.29) is 52.1 Å². The Balaban J connectivity index is 1.14. The highest BCUT2D eigenvalue weighted by Crippen LogP contribution is 2.89. The second-order valence-electron chi connectivity index (χ2n) is 22.2. The van der Waals surface area contributed by atoms with Gasteiger partial charge >= 0.3 is 11.9 Å². The minimum Gasteiger partial charge on any atom is -0.457 e. The normalized spacial score (nSPS) is 53.8. The van der Waals surface area contributed by atoms with Crippen molar-refractivity contribution < 1.29 is 78.5 Å². The van der Waals surface area contributed by atoms with Gasteiger partial charge in [0.15, 0.2) is 24.8 Å². The molecule has 7 N–H and O–H groups in total. The van der Waals surface area contributed by atoms with Gasteiger partial charge in [-0.1, -0.05) is 27.7 Å². The van der Waals surface area contributed by atoms with Crippen molar-refractivity contribution in [3.05, 3.63) is 0 Å². The summed E-state index contributed by atoms with van der Waals surface area (Å²) < 4.78 is 43.4. The summed E-state index contributed by atoms with van der Waals surface area (Å²) in [5.74, 6) is -1.62. The summed E-state index contributed by atoms with van der Waals surface area (Å²) in [6.07, 6.45) is -7.81. The lowest BCUT2D eigenvalue weighted by molar-refractivity contribution is -0.339. The van der Waals surface area contributed by atoms with Crippen LogP contribution in [-0.2, 0) is 42.7 Å². The van der Waals surface area contributed by atoms with Crippen LogP contribution in [0, 0.1) is 44.8 Å². The number of carbonyl (C=O) groups is 2. The van der Waals surface area contributed by atoms with E-state index < -0.39 is 109 Å². The van der Waals surface area contributed by atoms with E-state index in [0.717, 1.165) is 32.1 Å². The van der Waals surface area contributed by atoms with Crippen LogP contribution in [0.5, 0.6) is 0 Å². The van der Waals surface area contributed by atoms with Crippen LogP contribution in [0.4, 0.5) is 0 Å². The minimum absolute atomic E-state index is 0.0660. The maximum Gasteiger partial charge on any atom is 0.303 e. The first-order chi connectivity index (χ1) is 28.3. The summed E-state index contributed by atoms with van der Waals surface area (Å²) in [5, 5.41) is 77.6. The number of aliphatic hydroxyl groups excluding tert-OH is 6. The number of aliphatic hydroxyl groups is 7. The summed E-state index contributed by atoms with van der Waals surface area (Å²) in [6, 6.07) is 0. The van der Waals surface area contributed by atoms with Crippen LogP contribution in [-0.4, -0.2) is 152 Å². The maximum absolute atomic E-state index is 12.3. The predicted octanol–water partition coefficient (Wildman–Crippen LogP) is 1.87. The van der Waals surface area contributed by atoms with E-state index in [4.69, 9.17) is 33.2 Å². The number of hydrogen-bond donors (Lipinski definition) is 7. The van der Waals surface area contributed by atoms with Gasteiger partial charge in [-0.15, -0.1) is 0 Å². The Morgan fingerprint density at radius 2 is 1.44 bits per heavy atom. The third-order valence-corrected chi connectivity index (χ3v) is 18.2. The first-order valence-electron chi connectivity index (χ1n) is 22.6. The van der Waals surface area contributed by atoms with E-state index in [2.05, 4.69) is 34.6 Å². The number of esters is 2. The van der Waals surface area contributed by atoms with Crippen molar-refractivity contribution in [3.8, 4) is 0 Å². The van der Waals surface area contributed by atoms with Gasteiger partial charge in [-0.2, -0.15) is 0 Å². The van der Waals surface area contributed by atoms with Gasteiger partial charge in [0.2, 0.25) is 0 Å². The molecular weight excluding hydrogens is 796 g/mol. The predicted molar refractivity (Wildman–Crippen MR) is 213 cm³/mol. The molecule has 5 saturated carbocycles. The molecule has 8 rings (SSSR count). The molecule has 61 heavy (non-hydrogen) atoms. The van der Waals surface area contributed by atoms with E-state index in [1.807, 2.05) is 0 Å². The average molecular weight is 869 g/mol. The first-order valence-corrected chi connectivity index (χ1v) is 22.6. The quantitative estimate of drug-likeness (QED) is 0.129. The molecule has 0 unspecified atom stereocenters. The Labute approximate surface area is 358 Å². The Bertz CT molecular complexity index is 1680. The molecule has 0 aromatic rings. The Morgan fingerprint density at radius 3 is 2.07 bits per heavy atom. The second-order valence-corrected chi connectivity index (χ2v) is 22.2. The summed E-state index contributed by atoms with van der Waals surface area (Å²) in [6.45, 7) is 16.2. The molecule has 3 saturated heterocycles. The zero-order valence-electron chi connectivity index (χ0n) is 37.3. The molecule has 0 aromatic carbocycles. The molecule has 3 heterocycles. The molecule has 8 fully saturated rings. The van der Waals surface area contributed by atoms with E-state index in [1.165, 1.54) is 13.8 Å². The van der Waals surface area contributed by atoms with Gasteiger partial charge in [-0.25, -0.2) is 0 Å². The molecule has 16 heteroatoms. The van der Waals surface area contributed by atoms with Crippen molar-refractivity contribution in [2.45, 2.75) is 211 Å². The topological polar surface area (TPSA) is 240 Å². The van der Waals surface area contributed by atoms with Crippen LogP contribution < -0.4 is 0 Å². The van der Waals surface area contributed by atoms with E-state index in [1.54, 1.807) is 13.8 Å². The van der Waals surface area contributed by atoms with E-state index >= 15 is 0 Å². The van der Waals surface area contributed by atoms with Gasteiger partial charge in [0, 0.05) is 19.8 Å². The van der Waals surface area contributed by atoms with E-state index in [0.29, 0.717) is 25.7 Å². The fourth-order valence-electron chi connectivity index (χ4n) is 15.5. The molecule has 0 bridgehead atoms. The lowest BCUT2D eigenvalue weighted by Crippen LogP contribution is -2.65. The fraction of sp³-hybridized carbons (Fsp3) is 0.956. The lowest BCUT2D eigenvalue weighted by atomic mass is 9.41. The highest BCUT2D eigenvalue weighted by Gasteiger charge is 2.85. The average Bonchev–Trinajstić information content (AvgIpc) is 3.52. The zero-order chi connectivity index (χ0) is 44.6. The van der Waals surface area contributed by atoms with Crippen LogP contribution >= 0.6 is 0 Å². The molecule has 0 amide bonds. The minimum atomic E-state index is -1.63. The zero-order valence-corrected chi connectivity index (χ0v) is 37.3. The molecule has 8 aliphatic rings. The molecule has 0 aromatic heterocycles. The molecule has 21 atom stereocenters. The Morgan fingerprint density at radius 1 is 0.754 bits per heavy atom. The third kappa shape index (κ3) is 6.89. The SMILES string of the molecule is CC(=O)O[C@@H]1[C@@H](O[C@H]2CC[C@]34C[C@]35CC[C@]3(C)[C@@H]([C@@]6(C)CC[C@@H](C(C)(C)O)O6)[C@@H](O)C[C@@]3(C)[C@@H]5C[C@H](O[C@@H]3O[C@H](CO)[C@@H](O)[C@H](O)[C@H]3O)[C@H]4C2(C)C)OC[C@H](OC(C)=O)[C@H]1O. The van der Waals surface area contributed by atoms with Gasteiger partial charge in [0.25, 0.3) is 0 Å². The van der Waals surface area contributed by atoms with Crippen LogP contribution in [0.1, 0.15) is 120 Å². The molecule has 2 spiro atoms. The monoisotopic (exact) mass is 868 g/mol. The number of rotatable bonds is 9. The van der Waals surface area contributed by atoms with Crippen molar-refractivity contribution >= 4 is 11.9 Å². The molecular formula is C45H72O16. The van der Waals surface area contributed by atoms with Crippen molar-refractivity contribution in [2.75, 3.05) is 13.2 Å². The lowest BCUT2D eigenvalue weighted by Gasteiger charge is -2.65. The summed E-state index contributed by atoms with van der Waals surface area (Å²) >= 11 is 0. The summed E-state index contributed by atoms with van der Waals surface area (Å²) in [7, 11) is 0. The number of fused-ring (bicyclic) bond motifs is 2. The van der Waals surface area contributed by atoms with E-state index in [9.17, 15) is 45.3 Å². The maximum atomic E-state index is 12.3. The van der Waals surface area contributed by atoms with Crippen LogP contribution in [0.15, 0.2) is 0 Å².